The molecular weight excluding hydrogens is 451 g/mol. The molecule has 1 unspecified atom stereocenters. The Morgan fingerprint density at radius 1 is 1.06 bits per heavy atom. The zero-order valence-corrected chi connectivity index (χ0v) is 20.8. The Balaban J connectivity index is 2.16. The maximum absolute atomic E-state index is 13.2. The molecule has 4 nitrogen and oxygen atoms in total. The minimum absolute atomic E-state index is 0.0720. The smallest absolute Gasteiger partial charge is 0.243 e. The van der Waals surface area contributed by atoms with E-state index in [1.165, 1.54) is 0 Å². The maximum Gasteiger partial charge on any atom is 0.243 e. The summed E-state index contributed by atoms with van der Waals surface area (Å²) in [5, 5.41) is 4.28. The summed E-state index contributed by atoms with van der Waals surface area (Å²) in [6, 6.07) is 14.4. The Bertz CT molecular complexity index is 882. The van der Waals surface area contributed by atoms with Crippen molar-refractivity contribution in [1.29, 1.82) is 0 Å². The lowest BCUT2D eigenvalue weighted by molar-refractivity contribution is -0.141. The molecule has 0 saturated carbocycles. The summed E-state index contributed by atoms with van der Waals surface area (Å²) in [5.41, 5.74) is 0.443. The van der Waals surface area contributed by atoms with Crippen LogP contribution in [0.1, 0.15) is 46.1 Å². The van der Waals surface area contributed by atoms with Gasteiger partial charge in [0.15, 0.2) is 0 Å². The van der Waals surface area contributed by atoms with E-state index < -0.39 is 6.04 Å². The first-order valence-corrected chi connectivity index (χ1v) is 12.1. The number of rotatable bonds is 9. The van der Waals surface area contributed by atoms with E-state index in [-0.39, 0.29) is 17.4 Å². The zero-order chi connectivity index (χ0) is 23.0. The first-order chi connectivity index (χ1) is 14.6. The van der Waals surface area contributed by atoms with Crippen molar-refractivity contribution in [3.05, 3.63) is 64.1 Å². The minimum atomic E-state index is -0.566. The van der Waals surface area contributed by atoms with Gasteiger partial charge in [-0.25, -0.2) is 0 Å². The number of carbonyl (C=O) groups is 2. The molecule has 1 N–H and O–H groups in total. The lowest BCUT2D eigenvalue weighted by Crippen LogP contribution is -2.53. The van der Waals surface area contributed by atoms with Gasteiger partial charge in [-0.1, -0.05) is 48.3 Å². The number of hydrogen-bond donors (Lipinski definition) is 1. The molecule has 31 heavy (non-hydrogen) atoms. The second kappa shape index (κ2) is 11.8. The van der Waals surface area contributed by atoms with Gasteiger partial charge < -0.3 is 10.2 Å². The fraction of sp³-hybridized carbons (Fsp3) is 0.417. The number of nitrogens with zero attached hydrogens (tertiary/aromatic N) is 1. The van der Waals surface area contributed by atoms with E-state index in [0.29, 0.717) is 35.2 Å². The average molecular weight is 481 g/mol. The predicted octanol–water partition coefficient (Wildman–Crippen LogP) is 6.20. The van der Waals surface area contributed by atoms with Gasteiger partial charge in [0.1, 0.15) is 6.04 Å². The molecule has 0 aromatic heterocycles. The standard InChI is InChI=1S/C24H30Cl2N2O2S/c1-5-21(23(30)27-24(2,3)4)28(16-17-8-6-7-9-20(17)26)22(29)14-15-31-19-12-10-18(25)11-13-19/h6-13,21H,5,14-16H2,1-4H3,(H,27,30). The number of carbonyl (C=O) groups excluding carboxylic acids is 2. The Labute approximate surface area is 199 Å². The predicted molar refractivity (Wildman–Crippen MR) is 131 cm³/mol. The summed E-state index contributed by atoms with van der Waals surface area (Å²) in [4.78, 5) is 28.9. The highest BCUT2D eigenvalue weighted by Crippen LogP contribution is 2.24. The van der Waals surface area contributed by atoms with Crippen LogP contribution in [0.25, 0.3) is 0 Å². The molecular formula is C24H30Cl2N2O2S. The third-order valence-electron chi connectivity index (χ3n) is 4.58. The van der Waals surface area contributed by atoms with Crippen LogP contribution in [0.15, 0.2) is 53.4 Å². The van der Waals surface area contributed by atoms with Crippen LogP contribution in [0.4, 0.5) is 0 Å². The molecule has 0 radical (unpaired) electrons. The topological polar surface area (TPSA) is 49.4 Å². The van der Waals surface area contributed by atoms with Gasteiger partial charge >= 0.3 is 0 Å². The molecule has 2 aromatic carbocycles. The summed E-state index contributed by atoms with van der Waals surface area (Å²) in [6.07, 6.45) is 0.833. The van der Waals surface area contributed by atoms with Crippen molar-refractivity contribution < 1.29 is 9.59 Å². The van der Waals surface area contributed by atoms with Crippen LogP contribution in [0.5, 0.6) is 0 Å². The Morgan fingerprint density at radius 3 is 2.29 bits per heavy atom. The quantitative estimate of drug-likeness (QED) is 0.434. The first kappa shape index (κ1) is 25.6. The number of halogens is 2. The highest BCUT2D eigenvalue weighted by atomic mass is 35.5. The van der Waals surface area contributed by atoms with Gasteiger partial charge in [-0.15, -0.1) is 11.8 Å². The minimum Gasteiger partial charge on any atom is -0.350 e. The van der Waals surface area contributed by atoms with Gasteiger partial charge in [0.25, 0.3) is 0 Å². The van der Waals surface area contributed by atoms with Crippen molar-refractivity contribution in [2.75, 3.05) is 5.75 Å². The van der Waals surface area contributed by atoms with Crippen molar-refractivity contribution >= 4 is 46.8 Å². The highest BCUT2D eigenvalue weighted by Gasteiger charge is 2.30. The van der Waals surface area contributed by atoms with E-state index in [0.717, 1.165) is 10.5 Å². The summed E-state index contributed by atoms with van der Waals surface area (Å²) >= 11 is 13.9. The molecule has 0 aliphatic carbocycles. The monoisotopic (exact) mass is 480 g/mol. The molecule has 2 rings (SSSR count). The van der Waals surface area contributed by atoms with Crippen LogP contribution in [-0.2, 0) is 16.1 Å². The Kier molecular flexibility index (Phi) is 9.73. The van der Waals surface area contributed by atoms with E-state index in [9.17, 15) is 9.59 Å². The fourth-order valence-corrected chi connectivity index (χ4v) is 4.28. The number of nitrogens with one attached hydrogen (secondary N) is 1. The van der Waals surface area contributed by atoms with Crippen LogP contribution in [0.3, 0.4) is 0 Å². The van der Waals surface area contributed by atoms with Gasteiger partial charge in [-0.2, -0.15) is 0 Å². The lowest BCUT2D eigenvalue weighted by Gasteiger charge is -2.33. The van der Waals surface area contributed by atoms with Crippen LogP contribution < -0.4 is 5.32 Å². The number of amides is 2. The third-order valence-corrected chi connectivity index (χ3v) is 6.22. The van der Waals surface area contributed by atoms with E-state index in [1.54, 1.807) is 22.7 Å². The van der Waals surface area contributed by atoms with Crippen molar-refractivity contribution in [2.45, 2.75) is 63.6 Å². The summed E-state index contributed by atoms with van der Waals surface area (Å²) < 4.78 is 0. The van der Waals surface area contributed by atoms with Gasteiger partial charge in [-0.3, -0.25) is 9.59 Å². The number of thioether (sulfide) groups is 1. The Morgan fingerprint density at radius 2 is 1.71 bits per heavy atom. The van der Waals surface area contributed by atoms with Crippen molar-refractivity contribution in [3.8, 4) is 0 Å². The number of hydrogen-bond acceptors (Lipinski definition) is 3. The third kappa shape index (κ3) is 8.40. The van der Waals surface area contributed by atoms with E-state index in [2.05, 4.69) is 5.32 Å². The SMILES string of the molecule is CCC(C(=O)NC(C)(C)C)N(Cc1ccccc1Cl)C(=O)CCSc1ccc(Cl)cc1. The van der Waals surface area contributed by atoms with Crippen LogP contribution in [0.2, 0.25) is 10.0 Å². The largest absolute Gasteiger partial charge is 0.350 e. The van der Waals surface area contributed by atoms with E-state index >= 15 is 0 Å². The molecule has 0 spiro atoms. The molecule has 0 bridgehead atoms. The Hall–Kier alpha value is -1.69. The first-order valence-electron chi connectivity index (χ1n) is 10.3. The van der Waals surface area contributed by atoms with Gasteiger partial charge in [0.05, 0.1) is 0 Å². The van der Waals surface area contributed by atoms with Crippen molar-refractivity contribution in [1.82, 2.24) is 10.2 Å². The molecule has 0 fully saturated rings. The normalized spacial score (nSPS) is 12.3. The summed E-state index contributed by atoms with van der Waals surface area (Å²) in [5.74, 6) is 0.384. The zero-order valence-electron chi connectivity index (χ0n) is 18.5. The van der Waals surface area contributed by atoms with Crippen LogP contribution in [0, 0.1) is 0 Å². The molecule has 168 valence electrons. The molecule has 7 heteroatoms. The van der Waals surface area contributed by atoms with E-state index in [1.807, 2.05) is 70.2 Å². The molecule has 2 aromatic rings. The van der Waals surface area contributed by atoms with Crippen molar-refractivity contribution in [3.63, 3.8) is 0 Å². The van der Waals surface area contributed by atoms with Gasteiger partial charge in [0.2, 0.25) is 11.8 Å². The maximum atomic E-state index is 13.2. The van der Waals surface area contributed by atoms with Gasteiger partial charge in [0, 0.05) is 39.2 Å². The molecule has 0 heterocycles. The highest BCUT2D eigenvalue weighted by molar-refractivity contribution is 7.99. The van der Waals surface area contributed by atoms with E-state index in [4.69, 9.17) is 23.2 Å². The summed E-state index contributed by atoms with van der Waals surface area (Å²) in [7, 11) is 0. The molecule has 1 atom stereocenters. The molecule has 2 amide bonds. The number of benzene rings is 2. The molecule has 0 saturated heterocycles. The average Bonchev–Trinajstić information content (AvgIpc) is 2.69. The summed E-state index contributed by atoms with van der Waals surface area (Å²) in [6.45, 7) is 8.00. The van der Waals surface area contributed by atoms with Crippen molar-refractivity contribution in [2.24, 2.45) is 0 Å². The van der Waals surface area contributed by atoms with Crippen LogP contribution in [-0.4, -0.2) is 34.0 Å². The molecule has 0 aliphatic heterocycles. The second-order valence-corrected chi connectivity index (χ2v) is 10.3. The fourth-order valence-electron chi connectivity index (χ4n) is 3.11. The van der Waals surface area contributed by atoms with Gasteiger partial charge in [-0.05, 0) is 63.1 Å². The van der Waals surface area contributed by atoms with Crippen LogP contribution >= 0.6 is 35.0 Å². The lowest BCUT2D eigenvalue weighted by atomic mass is 10.1. The second-order valence-electron chi connectivity index (χ2n) is 8.33. The molecule has 0 aliphatic rings.